The molecule has 102 valence electrons. The van der Waals surface area contributed by atoms with Crippen LogP contribution in [0.5, 0.6) is 5.75 Å². The van der Waals surface area contributed by atoms with Gasteiger partial charge in [0.15, 0.2) is 0 Å². The van der Waals surface area contributed by atoms with E-state index in [2.05, 4.69) is 5.32 Å². The average molecular weight is 271 g/mol. The van der Waals surface area contributed by atoms with Crippen LogP contribution in [0.1, 0.15) is 17.9 Å². The summed E-state index contributed by atoms with van der Waals surface area (Å²) in [5.41, 5.74) is 1.06. The zero-order valence-corrected chi connectivity index (χ0v) is 10.8. The minimum Gasteiger partial charge on any atom is -0.493 e. The van der Waals surface area contributed by atoms with Crippen molar-refractivity contribution in [2.24, 2.45) is 0 Å². The molecule has 0 radical (unpaired) electrons. The van der Waals surface area contributed by atoms with Gasteiger partial charge in [-0.2, -0.15) is 0 Å². The van der Waals surface area contributed by atoms with Gasteiger partial charge in [-0.05, 0) is 24.6 Å². The van der Waals surface area contributed by atoms with Gasteiger partial charge in [0, 0.05) is 5.56 Å². The highest BCUT2D eigenvalue weighted by Crippen LogP contribution is 2.34. The van der Waals surface area contributed by atoms with Crippen LogP contribution in [0.4, 0.5) is 10.1 Å². The van der Waals surface area contributed by atoms with Crippen LogP contribution in [0.3, 0.4) is 0 Å². The van der Waals surface area contributed by atoms with Gasteiger partial charge in [-0.3, -0.25) is 4.79 Å². The fourth-order valence-electron chi connectivity index (χ4n) is 2.40. The molecule has 0 spiro atoms. The highest BCUT2D eigenvalue weighted by molar-refractivity contribution is 5.96. The predicted octanol–water partition coefficient (Wildman–Crippen LogP) is 3.33. The van der Waals surface area contributed by atoms with Crippen molar-refractivity contribution in [2.75, 3.05) is 11.9 Å². The number of rotatable bonds is 2. The van der Waals surface area contributed by atoms with Gasteiger partial charge >= 0.3 is 0 Å². The number of carbonyl (C=O) groups excluding carboxylic acids is 1. The van der Waals surface area contributed by atoms with Gasteiger partial charge in [0.2, 0.25) is 5.91 Å². The lowest BCUT2D eigenvalue weighted by Crippen LogP contribution is -2.26. The molecule has 1 heterocycles. The molecule has 3 nitrogen and oxygen atoms in total. The highest BCUT2D eigenvalue weighted by Gasteiger charge is 2.27. The Labute approximate surface area is 116 Å². The molecule has 1 N–H and O–H groups in total. The highest BCUT2D eigenvalue weighted by atomic mass is 19.1. The van der Waals surface area contributed by atoms with E-state index in [4.69, 9.17) is 4.74 Å². The van der Waals surface area contributed by atoms with Gasteiger partial charge in [-0.15, -0.1) is 0 Å². The third kappa shape index (κ3) is 2.37. The average Bonchev–Trinajstić information content (AvgIpc) is 2.49. The minimum absolute atomic E-state index is 0.203. The molecule has 0 aliphatic carbocycles. The van der Waals surface area contributed by atoms with Gasteiger partial charge < -0.3 is 10.1 Å². The Morgan fingerprint density at radius 3 is 2.75 bits per heavy atom. The lowest BCUT2D eigenvalue weighted by molar-refractivity contribution is -0.118. The SMILES string of the molecule is O=C(Nc1ccccc1F)C1CCOc2ccccc21. The quantitative estimate of drug-likeness (QED) is 0.909. The third-order valence-electron chi connectivity index (χ3n) is 3.41. The lowest BCUT2D eigenvalue weighted by atomic mass is 9.92. The van der Waals surface area contributed by atoms with Crippen molar-refractivity contribution >= 4 is 11.6 Å². The molecule has 1 aliphatic rings. The second-order valence-electron chi connectivity index (χ2n) is 4.70. The number of para-hydroxylation sites is 2. The normalized spacial score (nSPS) is 16.9. The van der Waals surface area contributed by atoms with Crippen molar-refractivity contribution in [2.45, 2.75) is 12.3 Å². The Kier molecular flexibility index (Phi) is 3.37. The van der Waals surface area contributed by atoms with E-state index in [9.17, 15) is 9.18 Å². The molecular formula is C16H14FNO2. The summed E-state index contributed by atoms with van der Waals surface area (Å²) >= 11 is 0. The van der Waals surface area contributed by atoms with E-state index < -0.39 is 5.82 Å². The number of fused-ring (bicyclic) bond motifs is 1. The molecular weight excluding hydrogens is 257 g/mol. The number of carbonyl (C=O) groups is 1. The van der Waals surface area contributed by atoms with E-state index >= 15 is 0 Å². The van der Waals surface area contributed by atoms with Crippen molar-refractivity contribution in [1.29, 1.82) is 0 Å². The van der Waals surface area contributed by atoms with Crippen LogP contribution in [-0.2, 0) is 4.79 Å². The van der Waals surface area contributed by atoms with Gasteiger partial charge in [-0.25, -0.2) is 4.39 Å². The molecule has 2 aromatic carbocycles. The summed E-state index contributed by atoms with van der Waals surface area (Å²) in [6, 6.07) is 13.6. The van der Waals surface area contributed by atoms with Crippen LogP contribution >= 0.6 is 0 Å². The first-order valence-electron chi connectivity index (χ1n) is 6.53. The zero-order valence-electron chi connectivity index (χ0n) is 10.8. The van der Waals surface area contributed by atoms with Crippen LogP contribution in [0.2, 0.25) is 0 Å². The molecule has 0 saturated carbocycles. The van der Waals surface area contributed by atoms with Crippen molar-refractivity contribution in [3.63, 3.8) is 0 Å². The Morgan fingerprint density at radius 1 is 1.15 bits per heavy atom. The van der Waals surface area contributed by atoms with E-state index in [1.165, 1.54) is 6.07 Å². The molecule has 1 amide bonds. The molecule has 2 aromatic rings. The summed E-state index contributed by atoms with van der Waals surface area (Å²) < 4.78 is 19.1. The topological polar surface area (TPSA) is 38.3 Å². The maximum Gasteiger partial charge on any atom is 0.232 e. The smallest absolute Gasteiger partial charge is 0.232 e. The number of hydrogen-bond donors (Lipinski definition) is 1. The van der Waals surface area contributed by atoms with Gasteiger partial charge in [0.05, 0.1) is 18.2 Å². The zero-order chi connectivity index (χ0) is 13.9. The summed E-state index contributed by atoms with van der Waals surface area (Å²) in [6.07, 6.45) is 0.595. The summed E-state index contributed by atoms with van der Waals surface area (Å²) in [4.78, 5) is 12.3. The van der Waals surface area contributed by atoms with E-state index in [1.807, 2.05) is 24.3 Å². The Hall–Kier alpha value is -2.36. The summed E-state index contributed by atoms with van der Waals surface area (Å²) in [6.45, 7) is 0.492. The third-order valence-corrected chi connectivity index (χ3v) is 3.41. The molecule has 0 fully saturated rings. The minimum atomic E-state index is -0.429. The van der Waals surface area contributed by atoms with Crippen molar-refractivity contribution in [3.05, 3.63) is 59.9 Å². The molecule has 0 bridgehead atoms. The van der Waals surface area contributed by atoms with E-state index in [1.54, 1.807) is 18.2 Å². The van der Waals surface area contributed by atoms with Crippen LogP contribution in [0, 0.1) is 5.82 Å². The molecule has 0 saturated heterocycles. The second-order valence-corrected chi connectivity index (χ2v) is 4.70. The Bertz CT molecular complexity index is 642. The number of amides is 1. The van der Waals surface area contributed by atoms with Gasteiger partial charge in [0.1, 0.15) is 11.6 Å². The molecule has 20 heavy (non-hydrogen) atoms. The maximum absolute atomic E-state index is 13.6. The van der Waals surface area contributed by atoms with E-state index in [-0.39, 0.29) is 17.5 Å². The number of halogens is 1. The second kappa shape index (κ2) is 5.33. The van der Waals surface area contributed by atoms with E-state index in [0.29, 0.717) is 13.0 Å². The van der Waals surface area contributed by atoms with Crippen molar-refractivity contribution in [3.8, 4) is 5.75 Å². The largest absolute Gasteiger partial charge is 0.493 e. The first-order chi connectivity index (χ1) is 9.75. The fraction of sp³-hybridized carbons (Fsp3) is 0.188. The lowest BCUT2D eigenvalue weighted by Gasteiger charge is -2.25. The molecule has 1 atom stereocenters. The first-order valence-corrected chi connectivity index (χ1v) is 6.53. The van der Waals surface area contributed by atoms with Gasteiger partial charge in [-0.1, -0.05) is 30.3 Å². The molecule has 4 heteroatoms. The molecule has 1 aliphatic heterocycles. The van der Waals surface area contributed by atoms with E-state index in [0.717, 1.165) is 11.3 Å². The Balaban J connectivity index is 1.84. The molecule has 3 rings (SSSR count). The molecule has 1 unspecified atom stereocenters. The number of nitrogens with one attached hydrogen (secondary N) is 1. The number of anilines is 1. The predicted molar refractivity (Wildman–Crippen MR) is 74.3 cm³/mol. The number of hydrogen-bond acceptors (Lipinski definition) is 2. The Morgan fingerprint density at radius 2 is 1.90 bits per heavy atom. The van der Waals surface area contributed by atoms with Gasteiger partial charge in [0.25, 0.3) is 0 Å². The van der Waals surface area contributed by atoms with Crippen LogP contribution in [0.25, 0.3) is 0 Å². The number of benzene rings is 2. The van der Waals surface area contributed by atoms with Crippen molar-refractivity contribution < 1.29 is 13.9 Å². The first kappa shape index (κ1) is 12.7. The van der Waals surface area contributed by atoms with Crippen molar-refractivity contribution in [1.82, 2.24) is 0 Å². The summed E-state index contributed by atoms with van der Waals surface area (Å²) in [5, 5.41) is 2.65. The summed E-state index contributed by atoms with van der Waals surface area (Å²) in [5.74, 6) is -0.209. The standard InChI is InChI=1S/C16H14FNO2/c17-13-6-2-3-7-14(13)18-16(19)12-9-10-20-15-8-4-1-5-11(12)15/h1-8,12H,9-10H2,(H,18,19). The molecule has 0 aromatic heterocycles. The van der Waals surface area contributed by atoms with Crippen LogP contribution < -0.4 is 10.1 Å². The van der Waals surface area contributed by atoms with Crippen LogP contribution in [0.15, 0.2) is 48.5 Å². The maximum atomic E-state index is 13.6. The van der Waals surface area contributed by atoms with Crippen LogP contribution in [-0.4, -0.2) is 12.5 Å². The summed E-state index contributed by atoms with van der Waals surface area (Å²) in [7, 11) is 0. The monoisotopic (exact) mass is 271 g/mol. The fourth-order valence-corrected chi connectivity index (χ4v) is 2.40. The number of ether oxygens (including phenoxy) is 1.